The van der Waals surface area contributed by atoms with Crippen molar-refractivity contribution in [2.75, 3.05) is 6.54 Å². The van der Waals surface area contributed by atoms with E-state index < -0.39 is 0 Å². The molecule has 0 bridgehead atoms. The minimum Gasteiger partial charge on any atom is -0.457 e. The molecule has 0 atom stereocenters. The summed E-state index contributed by atoms with van der Waals surface area (Å²) < 4.78 is 5.96. The summed E-state index contributed by atoms with van der Waals surface area (Å²) in [6.07, 6.45) is 1.80. The first-order valence-electron chi connectivity index (χ1n) is 7.45. The van der Waals surface area contributed by atoms with Gasteiger partial charge in [0.05, 0.1) is 5.69 Å². The number of hydrogen-bond donors (Lipinski definition) is 1. The first-order chi connectivity index (χ1) is 10.0. The van der Waals surface area contributed by atoms with Crippen molar-refractivity contribution < 1.29 is 4.74 Å². The van der Waals surface area contributed by atoms with E-state index >= 15 is 0 Å². The van der Waals surface area contributed by atoms with Gasteiger partial charge in [-0.05, 0) is 44.0 Å². The molecule has 0 aliphatic carbocycles. The summed E-state index contributed by atoms with van der Waals surface area (Å²) in [5, 5.41) is 3.39. The lowest BCUT2D eigenvalue weighted by atomic mass is 10.1. The molecule has 3 nitrogen and oxygen atoms in total. The molecule has 0 saturated heterocycles. The minimum atomic E-state index is 0.639. The second-order valence-corrected chi connectivity index (χ2v) is 5.88. The molecular formula is C18H24N2O. The first-order valence-corrected chi connectivity index (χ1v) is 7.45. The molecule has 2 aromatic rings. The Hall–Kier alpha value is -1.87. The lowest BCUT2D eigenvalue weighted by molar-refractivity contribution is 0.475. The number of aryl methyl sites for hydroxylation is 2. The molecule has 0 fully saturated rings. The standard InChI is InChI=1S/C18H24N2O/c1-13(2)11-19-12-16-10-17(7-8-20-16)21-18-6-5-14(3)9-15(18)4/h5-10,13,19H,11-12H2,1-4H3. The summed E-state index contributed by atoms with van der Waals surface area (Å²) in [4.78, 5) is 4.37. The topological polar surface area (TPSA) is 34.1 Å². The second-order valence-electron chi connectivity index (χ2n) is 5.88. The van der Waals surface area contributed by atoms with Gasteiger partial charge < -0.3 is 10.1 Å². The minimum absolute atomic E-state index is 0.639. The van der Waals surface area contributed by atoms with Gasteiger partial charge in [0.1, 0.15) is 11.5 Å². The number of ether oxygens (including phenoxy) is 1. The Balaban J connectivity index is 2.03. The van der Waals surface area contributed by atoms with Crippen LogP contribution in [0.25, 0.3) is 0 Å². The van der Waals surface area contributed by atoms with Crippen molar-refractivity contribution in [2.24, 2.45) is 5.92 Å². The molecule has 1 heterocycles. The highest BCUT2D eigenvalue weighted by atomic mass is 16.5. The van der Waals surface area contributed by atoms with Gasteiger partial charge in [0.15, 0.2) is 0 Å². The highest BCUT2D eigenvalue weighted by Gasteiger charge is 2.04. The van der Waals surface area contributed by atoms with E-state index in [1.807, 2.05) is 18.2 Å². The van der Waals surface area contributed by atoms with Crippen LogP contribution in [-0.4, -0.2) is 11.5 Å². The normalized spacial score (nSPS) is 10.9. The van der Waals surface area contributed by atoms with Crippen LogP contribution < -0.4 is 10.1 Å². The Morgan fingerprint density at radius 1 is 1.14 bits per heavy atom. The molecule has 1 aromatic heterocycles. The van der Waals surface area contributed by atoms with Gasteiger partial charge in [-0.2, -0.15) is 0 Å². The Morgan fingerprint density at radius 3 is 2.67 bits per heavy atom. The van der Waals surface area contributed by atoms with E-state index in [2.05, 4.69) is 50.1 Å². The highest BCUT2D eigenvalue weighted by molar-refractivity contribution is 5.39. The molecule has 0 aliphatic heterocycles. The van der Waals surface area contributed by atoms with Crippen molar-refractivity contribution in [3.63, 3.8) is 0 Å². The van der Waals surface area contributed by atoms with E-state index in [1.54, 1.807) is 6.20 Å². The quantitative estimate of drug-likeness (QED) is 0.861. The van der Waals surface area contributed by atoms with Gasteiger partial charge >= 0.3 is 0 Å². The average Bonchev–Trinajstić information content (AvgIpc) is 2.42. The van der Waals surface area contributed by atoms with E-state index in [4.69, 9.17) is 4.74 Å². The zero-order chi connectivity index (χ0) is 15.2. The number of nitrogens with zero attached hydrogens (tertiary/aromatic N) is 1. The van der Waals surface area contributed by atoms with Crippen LogP contribution in [0.1, 0.15) is 30.7 Å². The van der Waals surface area contributed by atoms with Crippen molar-refractivity contribution in [1.82, 2.24) is 10.3 Å². The number of aromatic nitrogens is 1. The van der Waals surface area contributed by atoms with Gasteiger partial charge in [0.2, 0.25) is 0 Å². The third-order valence-electron chi connectivity index (χ3n) is 3.20. The maximum atomic E-state index is 5.96. The largest absolute Gasteiger partial charge is 0.457 e. The van der Waals surface area contributed by atoms with E-state index in [0.29, 0.717) is 5.92 Å². The monoisotopic (exact) mass is 284 g/mol. The van der Waals surface area contributed by atoms with E-state index in [-0.39, 0.29) is 0 Å². The number of nitrogens with one attached hydrogen (secondary N) is 1. The number of hydrogen-bond acceptors (Lipinski definition) is 3. The lowest BCUT2D eigenvalue weighted by Crippen LogP contribution is -2.19. The van der Waals surface area contributed by atoms with Gasteiger partial charge in [0.25, 0.3) is 0 Å². The molecule has 2 rings (SSSR count). The van der Waals surface area contributed by atoms with Crippen LogP contribution in [0.3, 0.4) is 0 Å². The molecule has 1 aromatic carbocycles. The van der Waals surface area contributed by atoms with Crippen molar-refractivity contribution in [1.29, 1.82) is 0 Å². The molecular weight excluding hydrogens is 260 g/mol. The van der Waals surface area contributed by atoms with Crippen molar-refractivity contribution in [3.05, 3.63) is 53.3 Å². The predicted octanol–water partition coefficient (Wildman–Crippen LogP) is 4.24. The third-order valence-corrected chi connectivity index (χ3v) is 3.20. The van der Waals surface area contributed by atoms with Crippen LogP contribution in [0.15, 0.2) is 36.5 Å². The summed E-state index contributed by atoms with van der Waals surface area (Å²) in [5.74, 6) is 2.37. The van der Waals surface area contributed by atoms with Gasteiger partial charge in [-0.15, -0.1) is 0 Å². The number of rotatable bonds is 6. The van der Waals surface area contributed by atoms with Crippen molar-refractivity contribution >= 4 is 0 Å². The van der Waals surface area contributed by atoms with Gasteiger partial charge in [-0.3, -0.25) is 4.98 Å². The van der Waals surface area contributed by atoms with Crippen molar-refractivity contribution in [3.8, 4) is 11.5 Å². The molecule has 3 heteroatoms. The maximum absolute atomic E-state index is 5.96. The predicted molar refractivity (Wildman–Crippen MR) is 86.8 cm³/mol. The number of pyridine rings is 1. The van der Waals surface area contributed by atoms with Crippen LogP contribution in [0.5, 0.6) is 11.5 Å². The SMILES string of the molecule is Cc1ccc(Oc2ccnc(CNCC(C)C)c2)c(C)c1. The summed E-state index contributed by atoms with van der Waals surface area (Å²) >= 11 is 0. The second kappa shape index (κ2) is 7.23. The third kappa shape index (κ3) is 4.87. The van der Waals surface area contributed by atoms with Crippen molar-refractivity contribution in [2.45, 2.75) is 34.2 Å². The lowest BCUT2D eigenvalue weighted by Gasteiger charge is -2.11. The summed E-state index contributed by atoms with van der Waals surface area (Å²) in [6, 6.07) is 10.1. The van der Waals surface area contributed by atoms with Crippen LogP contribution in [0, 0.1) is 19.8 Å². The van der Waals surface area contributed by atoms with Gasteiger partial charge in [-0.1, -0.05) is 31.5 Å². The van der Waals surface area contributed by atoms with Crippen LogP contribution >= 0.6 is 0 Å². The molecule has 0 saturated carbocycles. The Morgan fingerprint density at radius 2 is 1.95 bits per heavy atom. The van der Waals surface area contributed by atoms with Crippen LogP contribution in [-0.2, 0) is 6.54 Å². The average molecular weight is 284 g/mol. The summed E-state index contributed by atoms with van der Waals surface area (Å²) in [7, 11) is 0. The maximum Gasteiger partial charge on any atom is 0.130 e. The number of benzene rings is 1. The van der Waals surface area contributed by atoms with E-state index in [0.717, 1.165) is 35.8 Å². The fourth-order valence-corrected chi connectivity index (χ4v) is 2.15. The molecule has 21 heavy (non-hydrogen) atoms. The molecule has 0 spiro atoms. The molecule has 1 N–H and O–H groups in total. The summed E-state index contributed by atoms with van der Waals surface area (Å²) in [6.45, 7) is 10.3. The zero-order valence-corrected chi connectivity index (χ0v) is 13.3. The molecule has 0 radical (unpaired) electrons. The Labute approximate surface area is 127 Å². The smallest absolute Gasteiger partial charge is 0.130 e. The fraction of sp³-hybridized carbons (Fsp3) is 0.389. The molecule has 0 amide bonds. The Kier molecular flexibility index (Phi) is 5.34. The Bertz CT molecular complexity index is 594. The first kappa shape index (κ1) is 15.5. The highest BCUT2D eigenvalue weighted by Crippen LogP contribution is 2.25. The summed E-state index contributed by atoms with van der Waals surface area (Å²) in [5.41, 5.74) is 3.39. The van der Waals surface area contributed by atoms with Gasteiger partial charge in [-0.25, -0.2) is 0 Å². The molecule has 112 valence electrons. The van der Waals surface area contributed by atoms with Crippen LogP contribution in [0.4, 0.5) is 0 Å². The zero-order valence-electron chi connectivity index (χ0n) is 13.3. The fourth-order valence-electron chi connectivity index (χ4n) is 2.15. The van der Waals surface area contributed by atoms with Crippen LogP contribution in [0.2, 0.25) is 0 Å². The van der Waals surface area contributed by atoms with E-state index in [9.17, 15) is 0 Å². The van der Waals surface area contributed by atoms with Gasteiger partial charge in [0, 0.05) is 18.8 Å². The molecule has 0 unspecified atom stereocenters. The molecule has 0 aliphatic rings. The van der Waals surface area contributed by atoms with E-state index in [1.165, 1.54) is 5.56 Å².